The first-order valence-electron chi connectivity index (χ1n) is 3.52. The average Bonchev–Trinajstić information content (AvgIpc) is 1.88. The van der Waals surface area contributed by atoms with E-state index in [4.69, 9.17) is 10.8 Å². The van der Waals surface area contributed by atoms with Crippen LogP contribution >= 0.6 is 0 Å². The maximum Gasteiger partial charge on any atom is 0.310 e. The summed E-state index contributed by atoms with van der Waals surface area (Å²) < 4.78 is 0. The van der Waals surface area contributed by atoms with Gasteiger partial charge in [0.25, 0.3) is 0 Å². The summed E-state index contributed by atoms with van der Waals surface area (Å²) in [6.07, 6.45) is 2.16. The van der Waals surface area contributed by atoms with Gasteiger partial charge in [-0.1, -0.05) is 6.08 Å². The summed E-state index contributed by atoms with van der Waals surface area (Å²) in [4.78, 5) is 10.6. The van der Waals surface area contributed by atoms with Crippen LogP contribution in [0, 0.1) is 5.41 Å². The zero-order chi connectivity index (χ0) is 9.07. The van der Waals surface area contributed by atoms with Crippen LogP contribution in [0.3, 0.4) is 0 Å². The van der Waals surface area contributed by atoms with Crippen LogP contribution in [-0.4, -0.2) is 17.1 Å². The number of carboxylic acid groups (broad SMARTS) is 1. The molecular weight excluding hydrogens is 142 g/mol. The quantitative estimate of drug-likeness (QED) is 0.598. The Morgan fingerprint density at radius 1 is 1.82 bits per heavy atom. The summed E-state index contributed by atoms with van der Waals surface area (Å²) in [5, 5.41) is 8.72. The van der Waals surface area contributed by atoms with Gasteiger partial charge in [-0.15, -0.1) is 6.58 Å². The van der Waals surface area contributed by atoms with E-state index in [1.165, 1.54) is 0 Å². The van der Waals surface area contributed by atoms with Gasteiger partial charge in [-0.2, -0.15) is 0 Å². The molecule has 0 saturated heterocycles. The summed E-state index contributed by atoms with van der Waals surface area (Å²) in [7, 11) is 0. The highest BCUT2D eigenvalue weighted by atomic mass is 16.4. The second kappa shape index (κ2) is 3.53. The molecule has 0 aliphatic heterocycles. The number of aliphatic carboxylic acids is 1. The molecule has 0 heterocycles. The Balaban J connectivity index is 4.28. The van der Waals surface area contributed by atoms with E-state index in [1.807, 2.05) is 0 Å². The largest absolute Gasteiger partial charge is 0.481 e. The number of carbonyl (C=O) groups is 1. The molecule has 0 rings (SSSR count). The second-order valence-electron chi connectivity index (χ2n) is 3.16. The molecule has 0 unspecified atom stereocenters. The number of rotatable bonds is 4. The van der Waals surface area contributed by atoms with Crippen LogP contribution in [0.2, 0.25) is 0 Å². The van der Waals surface area contributed by atoms with Crippen molar-refractivity contribution in [3.63, 3.8) is 0 Å². The minimum absolute atomic E-state index is 0.363. The first kappa shape index (κ1) is 10.2. The molecule has 3 nitrogen and oxygen atoms in total. The zero-order valence-corrected chi connectivity index (χ0v) is 7.00. The van der Waals surface area contributed by atoms with E-state index in [9.17, 15) is 4.79 Å². The molecule has 0 fully saturated rings. The smallest absolute Gasteiger partial charge is 0.310 e. The van der Waals surface area contributed by atoms with Crippen LogP contribution in [0.15, 0.2) is 12.7 Å². The molecule has 0 aromatic heterocycles. The van der Waals surface area contributed by atoms with E-state index in [2.05, 4.69) is 6.58 Å². The molecule has 0 bridgehead atoms. The van der Waals surface area contributed by atoms with Gasteiger partial charge in [-0.25, -0.2) is 0 Å². The summed E-state index contributed by atoms with van der Waals surface area (Å²) in [5.74, 6) is -0.869. The van der Waals surface area contributed by atoms with Gasteiger partial charge in [0, 0.05) is 6.04 Å². The number of hydrogen-bond donors (Lipinski definition) is 2. The van der Waals surface area contributed by atoms with Crippen molar-refractivity contribution in [3.05, 3.63) is 12.7 Å². The Bertz CT molecular complexity index is 163. The van der Waals surface area contributed by atoms with Gasteiger partial charge in [0.15, 0.2) is 0 Å². The van der Waals surface area contributed by atoms with Crippen LogP contribution in [0.1, 0.15) is 20.3 Å². The van der Waals surface area contributed by atoms with Crippen LogP contribution in [-0.2, 0) is 4.79 Å². The average molecular weight is 157 g/mol. The first-order chi connectivity index (χ1) is 4.92. The molecule has 0 amide bonds. The molecule has 11 heavy (non-hydrogen) atoms. The molecule has 3 heteroatoms. The molecule has 0 saturated carbocycles. The highest BCUT2D eigenvalue weighted by molar-refractivity contribution is 5.74. The predicted molar refractivity (Wildman–Crippen MR) is 44.2 cm³/mol. The summed E-state index contributed by atoms with van der Waals surface area (Å²) >= 11 is 0. The molecule has 0 aliphatic rings. The van der Waals surface area contributed by atoms with E-state index >= 15 is 0 Å². The van der Waals surface area contributed by atoms with Gasteiger partial charge in [-0.3, -0.25) is 4.79 Å². The number of hydrogen-bond acceptors (Lipinski definition) is 2. The van der Waals surface area contributed by atoms with E-state index in [1.54, 1.807) is 19.9 Å². The maximum atomic E-state index is 10.6. The van der Waals surface area contributed by atoms with Gasteiger partial charge < -0.3 is 10.8 Å². The summed E-state index contributed by atoms with van der Waals surface area (Å²) in [5.41, 5.74) is 4.74. The normalized spacial score (nSPS) is 14.1. The Hall–Kier alpha value is -0.830. The third-order valence-corrected chi connectivity index (χ3v) is 1.90. The molecule has 3 N–H and O–H groups in total. The summed E-state index contributed by atoms with van der Waals surface area (Å²) in [6.45, 7) is 6.73. The van der Waals surface area contributed by atoms with Crippen molar-refractivity contribution in [1.29, 1.82) is 0 Å². The molecule has 0 aromatic rings. The first-order valence-corrected chi connectivity index (χ1v) is 3.52. The standard InChI is InChI=1S/C8H15NO2/c1-4-5-6(9)8(2,3)7(10)11/h4,6H,1,5,9H2,2-3H3,(H,10,11)/t6-/m0/s1. The fourth-order valence-corrected chi connectivity index (χ4v) is 0.633. The van der Waals surface area contributed by atoms with Crippen LogP contribution in [0.4, 0.5) is 0 Å². The molecule has 64 valence electrons. The lowest BCUT2D eigenvalue weighted by Crippen LogP contribution is -2.42. The van der Waals surface area contributed by atoms with Gasteiger partial charge >= 0.3 is 5.97 Å². The third kappa shape index (κ3) is 2.35. The molecular formula is C8H15NO2. The maximum absolute atomic E-state index is 10.6. The van der Waals surface area contributed by atoms with Crippen LogP contribution < -0.4 is 5.73 Å². The minimum Gasteiger partial charge on any atom is -0.481 e. The van der Waals surface area contributed by atoms with Crippen molar-refractivity contribution in [2.24, 2.45) is 11.1 Å². The van der Waals surface area contributed by atoms with E-state index in [0.29, 0.717) is 6.42 Å². The number of nitrogens with two attached hydrogens (primary N) is 1. The van der Waals surface area contributed by atoms with Gasteiger partial charge in [0.05, 0.1) is 5.41 Å². The predicted octanol–water partition coefficient (Wildman–Crippen LogP) is 1.00. The van der Waals surface area contributed by atoms with Gasteiger partial charge in [-0.05, 0) is 20.3 Å². The van der Waals surface area contributed by atoms with E-state index in [-0.39, 0.29) is 6.04 Å². The number of carboxylic acids is 1. The Labute approximate surface area is 66.9 Å². The lowest BCUT2D eigenvalue weighted by atomic mass is 9.83. The molecule has 1 atom stereocenters. The lowest BCUT2D eigenvalue weighted by molar-refractivity contribution is -0.148. The molecule has 0 spiro atoms. The molecule has 0 radical (unpaired) electrons. The molecule has 0 aromatic carbocycles. The van der Waals surface area contributed by atoms with E-state index < -0.39 is 11.4 Å². The fraction of sp³-hybridized carbons (Fsp3) is 0.625. The van der Waals surface area contributed by atoms with Crippen molar-refractivity contribution < 1.29 is 9.90 Å². The van der Waals surface area contributed by atoms with Crippen molar-refractivity contribution >= 4 is 5.97 Å². The van der Waals surface area contributed by atoms with E-state index in [0.717, 1.165) is 0 Å². The van der Waals surface area contributed by atoms with Crippen molar-refractivity contribution in [2.45, 2.75) is 26.3 Å². The SMILES string of the molecule is C=CC[C@H](N)C(C)(C)C(=O)O. The molecule has 0 aliphatic carbocycles. The zero-order valence-electron chi connectivity index (χ0n) is 7.00. The monoisotopic (exact) mass is 157 g/mol. The Morgan fingerprint density at radius 3 is 2.55 bits per heavy atom. The van der Waals surface area contributed by atoms with Crippen LogP contribution in [0.5, 0.6) is 0 Å². The highest BCUT2D eigenvalue weighted by Gasteiger charge is 2.33. The van der Waals surface area contributed by atoms with Crippen molar-refractivity contribution in [3.8, 4) is 0 Å². The van der Waals surface area contributed by atoms with Gasteiger partial charge in [0.1, 0.15) is 0 Å². The third-order valence-electron chi connectivity index (χ3n) is 1.90. The van der Waals surface area contributed by atoms with Crippen LogP contribution in [0.25, 0.3) is 0 Å². The van der Waals surface area contributed by atoms with Crippen molar-refractivity contribution in [2.75, 3.05) is 0 Å². The fourth-order valence-electron chi connectivity index (χ4n) is 0.633. The minimum atomic E-state index is -0.869. The van der Waals surface area contributed by atoms with Crippen molar-refractivity contribution in [1.82, 2.24) is 0 Å². The Morgan fingerprint density at radius 2 is 2.27 bits per heavy atom. The highest BCUT2D eigenvalue weighted by Crippen LogP contribution is 2.21. The lowest BCUT2D eigenvalue weighted by Gasteiger charge is -2.25. The Kier molecular flexibility index (Phi) is 3.26. The topological polar surface area (TPSA) is 63.3 Å². The second-order valence-corrected chi connectivity index (χ2v) is 3.16. The van der Waals surface area contributed by atoms with Gasteiger partial charge in [0.2, 0.25) is 0 Å². The summed E-state index contributed by atoms with van der Waals surface area (Å²) in [6, 6.07) is -0.363.